The molecule has 0 aromatic carbocycles. The van der Waals surface area contributed by atoms with E-state index in [4.69, 9.17) is 0 Å². The molecule has 0 atom stereocenters. The molecule has 1 aliphatic heterocycles. The largest absolute Gasteiger partial charge is 0.356 e. The first-order valence-corrected chi connectivity index (χ1v) is 7.64. The van der Waals surface area contributed by atoms with Crippen molar-refractivity contribution >= 4 is 29.7 Å². The number of H-pyrrole nitrogens is 1. The summed E-state index contributed by atoms with van der Waals surface area (Å²) in [5.41, 5.74) is 0.918. The molecule has 2 aliphatic rings. The van der Waals surface area contributed by atoms with Gasteiger partial charge in [-0.25, -0.2) is 4.52 Å². The minimum atomic E-state index is -0.173. The van der Waals surface area contributed by atoms with Crippen molar-refractivity contribution in [3.05, 3.63) is 28.2 Å². The molecule has 1 saturated heterocycles. The van der Waals surface area contributed by atoms with Crippen LogP contribution in [0.5, 0.6) is 0 Å². The Bertz CT molecular complexity index is 756. The molecular formula is C15H19ClN4O2. The van der Waals surface area contributed by atoms with E-state index in [2.05, 4.69) is 15.0 Å². The highest BCUT2D eigenvalue weighted by atomic mass is 35.5. The lowest BCUT2D eigenvalue weighted by molar-refractivity contribution is 0.0969. The maximum atomic E-state index is 12.3. The van der Waals surface area contributed by atoms with Gasteiger partial charge in [0.15, 0.2) is 5.78 Å². The van der Waals surface area contributed by atoms with E-state index in [9.17, 15) is 9.59 Å². The highest BCUT2D eigenvalue weighted by Gasteiger charge is 2.32. The van der Waals surface area contributed by atoms with Gasteiger partial charge in [0.05, 0.1) is 11.8 Å². The lowest BCUT2D eigenvalue weighted by Gasteiger charge is -2.28. The lowest BCUT2D eigenvalue weighted by Crippen LogP contribution is -2.32. The SMILES string of the molecule is Cl.O=C(c1cnn2c(N3CCCCC3)cc(=O)[nH]c12)C1CC1. The number of hydrogen-bond donors (Lipinski definition) is 1. The predicted molar refractivity (Wildman–Crippen MR) is 86.2 cm³/mol. The third-order valence-electron chi connectivity index (χ3n) is 4.38. The zero-order valence-corrected chi connectivity index (χ0v) is 13.1. The number of halogens is 1. The summed E-state index contributed by atoms with van der Waals surface area (Å²) in [6.45, 7) is 1.87. The van der Waals surface area contributed by atoms with Crippen LogP contribution < -0.4 is 10.5 Å². The standard InChI is InChI=1S/C15H18N4O2.ClH/c20-12-8-13(18-6-2-1-3-7-18)19-15(17-12)11(9-16-19)14(21)10-4-5-10;/h8-10H,1-7H2,(H,17,20);1H. The Hall–Kier alpha value is -1.82. The average molecular weight is 323 g/mol. The van der Waals surface area contributed by atoms with Crippen molar-refractivity contribution < 1.29 is 4.79 Å². The van der Waals surface area contributed by atoms with E-state index in [0.717, 1.165) is 44.6 Å². The highest BCUT2D eigenvalue weighted by molar-refractivity contribution is 6.04. The number of piperidine rings is 1. The van der Waals surface area contributed by atoms with Gasteiger partial charge in [0.2, 0.25) is 0 Å². The molecule has 0 spiro atoms. The van der Waals surface area contributed by atoms with Crippen molar-refractivity contribution in [1.82, 2.24) is 14.6 Å². The molecule has 3 heterocycles. The van der Waals surface area contributed by atoms with E-state index in [1.54, 1.807) is 16.8 Å². The molecule has 1 N–H and O–H groups in total. The van der Waals surface area contributed by atoms with Crippen molar-refractivity contribution in [3.63, 3.8) is 0 Å². The molecule has 4 rings (SSSR count). The van der Waals surface area contributed by atoms with Gasteiger partial charge in [0.1, 0.15) is 11.5 Å². The molecule has 1 saturated carbocycles. The zero-order chi connectivity index (χ0) is 14.4. The molecule has 118 valence electrons. The van der Waals surface area contributed by atoms with Crippen molar-refractivity contribution in [3.8, 4) is 0 Å². The number of nitrogens with one attached hydrogen (secondary N) is 1. The molecule has 0 amide bonds. The third kappa shape index (κ3) is 2.52. The van der Waals surface area contributed by atoms with Gasteiger partial charge in [0.25, 0.3) is 5.56 Å². The van der Waals surface area contributed by atoms with Gasteiger partial charge in [-0.1, -0.05) is 0 Å². The topological polar surface area (TPSA) is 70.5 Å². The summed E-state index contributed by atoms with van der Waals surface area (Å²) in [6, 6.07) is 1.58. The van der Waals surface area contributed by atoms with Crippen LogP contribution in [0.15, 0.2) is 17.1 Å². The van der Waals surface area contributed by atoms with Crippen molar-refractivity contribution in [2.75, 3.05) is 18.0 Å². The minimum absolute atomic E-state index is 0. The monoisotopic (exact) mass is 322 g/mol. The fraction of sp³-hybridized carbons (Fsp3) is 0.533. The number of Topliss-reactive ketones (excluding diaryl/α,β-unsaturated/α-hetero) is 1. The molecule has 2 aromatic rings. The van der Waals surface area contributed by atoms with E-state index in [0.29, 0.717) is 11.2 Å². The second kappa shape index (κ2) is 5.76. The van der Waals surface area contributed by atoms with E-state index < -0.39 is 0 Å². The summed E-state index contributed by atoms with van der Waals surface area (Å²) in [5.74, 6) is 1.03. The maximum Gasteiger partial charge on any atom is 0.253 e. The lowest BCUT2D eigenvalue weighted by atomic mass is 10.1. The fourth-order valence-electron chi connectivity index (χ4n) is 3.07. The van der Waals surface area contributed by atoms with E-state index in [1.807, 2.05) is 0 Å². The molecule has 1 aliphatic carbocycles. The smallest absolute Gasteiger partial charge is 0.253 e. The number of carbonyl (C=O) groups excluding carboxylic acids is 1. The van der Waals surface area contributed by atoms with E-state index in [1.165, 1.54) is 6.42 Å². The molecule has 22 heavy (non-hydrogen) atoms. The summed E-state index contributed by atoms with van der Waals surface area (Å²) in [5, 5.41) is 4.35. The first kappa shape index (κ1) is 15.1. The van der Waals surface area contributed by atoms with Crippen molar-refractivity contribution in [2.45, 2.75) is 32.1 Å². The van der Waals surface area contributed by atoms with Crippen LogP contribution in [0.4, 0.5) is 5.82 Å². The van der Waals surface area contributed by atoms with Gasteiger partial charge in [-0.05, 0) is 32.1 Å². The number of fused-ring (bicyclic) bond motifs is 1. The minimum Gasteiger partial charge on any atom is -0.356 e. The summed E-state index contributed by atoms with van der Waals surface area (Å²) in [6.07, 6.45) is 6.98. The molecule has 7 heteroatoms. The van der Waals surface area contributed by atoms with Crippen LogP contribution in [-0.2, 0) is 0 Å². The Balaban J connectivity index is 0.00000144. The zero-order valence-electron chi connectivity index (χ0n) is 12.2. The summed E-state index contributed by atoms with van der Waals surface area (Å²) in [4.78, 5) is 29.2. The van der Waals surface area contributed by atoms with Crippen LogP contribution in [0.1, 0.15) is 42.5 Å². The first-order chi connectivity index (χ1) is 10.2. The number of carbonyl (C=O) groups is 1. The Morgan fingerprint density at radius 2 is 1.95 bits per heavy atom. The van der Waals surface area contributed by atoms with Crippen LogP contribution in [0.2, 0.25) is 0 Å². The summed E-state index contributed by atoms with van der Waals surface area (Å²) in [7, 11) is 0. The highest BCUT2D eigenvalue weighted by Crippen LogP contribution is 2.33. The molecule has 0 radical (unpaired) electrons. The normalized spacial score (nSPS) is 18.3. The van der Waals surface area contributed by atoms with Gasteiger partial charge in [-0.2, -0.15) is 5.10 Å². The molecule has 0 bridgehead atoms. The number of rotatable bonds is 3. The Morgan fingerprint density at radius 3 is 2.64 bits per heavy atom. The quantitative estimate of drug-likeness (QED) is 0.878. The Kier molecular flexibility index (Phi) is 3.95. The Morgan fingerprint density at radius 1 is 1.23 bits per heavy atom. The van der Waals surface area contributed by atoms with Gasteiger partial charge in [-0.15, -0.1) is 12.4 Å². The number of nitrogens with zero attached hydrogens (tertiary/aromatic N) is 3. The van der Waals surface area contributed by atoms with E-state index >= 15 is 0 Å². The third-order valence-corrected chi connectivity index (χ3v) is 4.38. The molecule has 2 fully saturated rings. The molecular weight excluding hydrogens is 304 g/mol. The van der Waals surface area contributed by atoms with Crippen molar-refractivity contribution in [1.29, 1.82) is 0 Å². The van der Waals surface area contributed by atoms with Crippen LogP contribution in [0.3, 0.4) is 0 Å². The van der Waals surface area contributed by atoms with Gasteiger partial charge in [-0.3, -0.25) is 9.59 Å². The molecule has 6 nitrogen and oxygen atoms in total. The summed E-state index contributed by atoms with van der Waals surface area (Å²) < 4.78 is 1.71. The fourth-order valence-corrected chi connectivity index (χ4v) is 3.07. The van der Waals surface area contributed by atoms with E-state index in [-0.39, 0.29) is 29.7 Å². The van der Waals surface area contributed by atoms with Gasteiger partial charge in [0, 0.05) is 25.1 Å². The number of anilines is 1. The van der Waals surface area contributed by atoms with Crippen LogP contribution >= 0.6 is 12.4 Å². The maximum absolute atomic E-state index is 12.3. The second-order valence-electron chi connectivity index (χ2n) is 6.00. The number of aromatic amines is 1. The van der Waals surface area contributed by atoms with Crippen LogP contribution in [0.25, 0.3) is 5.65 Å². The summed E-state index contributed by atoms with van der Waals surface area (Å²) >= 11 is 0. The van der Waals surface area contributed by atoms with Crippen LogP contribution in [-0.4, -0.2) is 33.5 Å². The number of ketones is 1. The molecule has 2 aromatic heterocycles. The van der Waals surface area contributed by atoms with Crippen LogP contribution in [0, 0.1) is 5.92 Å². The predicted octanol–water partition coefficient (Wildman–Crippen LogP) is 2.03. The Labute approximate surface area is 133 Å². The first-order valence-electron chi connectivity index (χ1n) is 7.64. The van der Waals surface area contributed by atoms with Gasteiger partial charge < -0.3 is 9.88 Å². The van der Waals surface area contributed by atoms with Gasteiger partial charge >= 0.3 is 0 Å². The number of aromatic nitrogens is 3. The number of hydrogen-bond acceptors (Lipinski definition) is 4. The second-order valence-corrected chi connectivity index (χ2v) is 6.00. The molecule has 0 unspecified atom stereocenters. The van der Waals surface area contributed by atoms with Crippen molar-refractivity contribution in [2.24, 2.45) is 5.92 Å². The average Bonchev–Trinajstić information content (AvgIpc) is 3.27.